The molecule has 22 heavy (non-hydrogen) atoms. The van der Waals surface area contributed by atoms with Gasteiger partial charge in [-0.25, -0.2) is 9.69 Å². The Kier molecular flexibility index (Phi) is 3.94. The van der Waals surface area contributed by atoms with E-state index in [0.717, 1.165) is 10.5 Å². The van der Waals surface area contributed by atoms with Gasteiger partial charge in [0.25, 0.3) is 5.91 Å². The van der Waals surface area contributed by atoms with E-state index in [1.165, 1.54) is 7.11 Å². The summed E-state index contributed by atoms with van der Waals surface area (Å²) in [4.78, 5) is 26.3. The highest BCUT2D eigenvalue weighted by atomic mass is 16.6. The minimum Gasteiger partial charge on any atom is -0.496 e. The zero-order valence-corrected chi connectivity index (χ0v) is 14.0. The third kappa shape index (κ3) is 2.93. The van der Waals surface area contributed by atoms with Crippen LogP contribution in [0.3, 0.4) is 0 Å². The molecule has 0 spiro atoms. The Morgan fingerprint density at radius 1 is 1.27 bits per heavy atom. The largest absolute Gasteiger partial charge is 0.496 e. The molecule has 5 heteroatoms. The molecule has 0 bridgehead atoms. The number of amides is 2. The van der Waals surface area contributed by atoms with Crippen LogP contribution in [0.4, 0.5) is 4.79 Å². The second-order valence-corrected chi connectivity index (χ2v) is 7.14. The van der Waals surface area contributed by atoms with Crippen molar-refractivity contribution >= 4 is 12.0 Å². The molecule has 1 heterocycles. The maximum atomic E-state index is 12.8. The van der Waals surface area contributed by atoms with Crippen LogP contribution in [0.2, 0.25) is 0 Å². The predicted octanol–water partition coefficient (Wildman–Crippen LogP) is 3.36. The molecule has 0 atom stereocenters. The number of benzene rings is 1. The smallest absolute Gasteiger partial charge is 0.417 e. The summed E-state index contributed by atoms with van der Waals surface area (Å²) in [6, 6.07) is 5.49. The fourth-order valence-corrected chi connectivity index (χ4v) is 2.64. The minimum absolute atomic E-state index is 0.279. The fraction of sp³-hybridized carbons (Fsp3) is 0.529. The van der Waals surface area contributed by atoms with Crippen LogP contribution in [0.1, 0.15) is 50.5 Å². The third-order valence-electron chi connectivity index (χ3n) is 3.60. The second-order valence-electron chi connectivity index (χ2n) is 7.14. The van der Waals surface area contributed by atoms with Crippen molar-refractivity contribution in [2.24, 2.45) is 0 Å². The Hall–Kier alpha value is -2.04. The summed E-state index contributed by atoms with van der Waals surface area (Å²) in [7, 11) is 1.52. The van der Waals surface area contributed by atoms with Gasteiger partial charge in [-0.2, -0.15) is 0 Å². The van der Waals surface area contributed by atoms with E-state index in [4.69, 9.17) is 9.47 Å². The molecule has 0 N–H and O–H groups in total. The van der Waals surface area contributed by atoms with Gasteiger partial charge in [0.05, 0.1) is 12.7 Å². The van der Waals surface area contributed by atoms with Gasteiger partial charge in [-0.3, -0.25) is 4.79 Å². The molecule has 120 valence electrons. The van der Waals surface area contributed by atoms with Crippen molar-refractivity contribution in [3.63, 3.8) is 0 Å². The summed E-state index contributed by atoms with van der Waals surface area (Å²) < 4.78 is 10.7. The lowest BCUT2D eigenvalue weighted by Crippen LogP contribution is -2.51. The Morgan fingerprint density at radius 3 is 2.45 bits per heavy atom. The first kappa shape index (κ1) is 16.3. The maximum absolute atomic E-state index is 12.8. The summed E-state index contributed by atoms with van der Waals surface area (Å²) in [5.74, 6) is 0.102. The van der Waals surface area contributed by atoms with Crippen LogP contribution >= 0.6 is 0 Å². The second kappa shape index (κ2) is 5.30. The molecule has 1 aliphatic heterocycles. The zero-order chi connectivity index (χ0) is 16.7. The van der Waals surface area contributed by atoms with E-state index < -0.39 is 11.7 Å². The predicted molar refractivity (Wildman–Crippen MR) is 83.3 cm³/mol. The molecule has 2 amide bonds. The fourth-order valence-electron chi connectivity index (χ4n) is 2.64. The van der Waals surface area contributed by atoms with Gasteiger partial charge < -0.3 is 9.47 Å². The first-order chi connectivity index (χ1) is 10.1. The minimum atomic E-state index is -0.650. The lowest BCUT2D eigenvalue weighted by molar-refractivity contribution is 0.0191. The van der Waals surface area contributed by atoms with E-state index in [-0.39, 0.29) is 17.9 Å². The number of ether oxygens (including phenoxy) is 2. The normalized spacial score (nSPS) is 17.0. The van der Waals surface area contributed by atoms with Gasteiger partial charge in [0, 0.05) is 12.0 Å². The molecule has 0 fully saturated rings. The highest BCUT2D eigenvalue weighted by Crippen LogP contribution is 2.38. The van der Waals surface area contributed by atoms with Gasteiger partial charge in [-0.1, -0.05) is 26.0 Å². The summed E-state index contributed by atoms with van der Waals surface area (Å²) in [5.41, 5.74) is 0.306. The Labute approximate surface area is 131 Å². The molecule has 5 nitrogen and oxygen atoms in total. The van der Waals surface area contributed by atoms with Crippen molar-refractivity contribution < 1.29 is 19.1 Å². The maximum Gasteiger partial charge on any atom is 0.417 e. The number of hydrogen-bond donors (Lipinski definition) is 0. The van der Waals surface area contributed by atoms with Crippen molar-refractivity contribution in [2.75, 3.05) is 13.7 Å². The van der Waals surface area contributed by atoms with E-state index in [1.807, 2.05) is 26.0 Å². The van der Waals surface area contributed by atoms with Gasteiger partial charge >= 0.3 is 6.09 Å². The molecular formula is C17H23NO4. The molecular weight excluding hydrogens is 282 g/mol. The number of fused-ring (bicyclic) bond motifs is 1. The van der Waals surface area contributed by atoms with Gasteiger partial charge in [0.2, 0.25) is 0 Å². The summed E-state index contributed by atoms with van der Waals surface area (Å²) in [5, 5.41) is 0. The van der Waals surface area contributed by atoms with E-state index in [0.29, 0.717) is 11.3 Å². The summed E-state index contributed by atoms with van der Waals surface area (Å²) >= 11 is 0. The summed E-state index contributed by atoms with van der Waals surface area (Å²) in [6.07, 6.45) is -0.623. The number of carbonyl (C=O) groups is 2. The van der Waals surface area contributed by atoms with Gasteiger partial charge in [0.1, 0.15) is 11.4 Å². The third-order valence-corrected chi connectivity index (χ3v) is 3.60. The van der Waals surface area contributed by atoms with Crippen LogP contribution in [0.15, 0.2) is 18.2 Å². The first-order valence-corrected chi connectivity index (χ1v) is 7.29. The molecule has 1 aromatic rings. The van der Waals surface area contributed by atoms with Crippen LogP contribution < -0.4 is 4.74 Å². The molecule has 0 saturated carbocycles. The highest BCUT2D eigenvalue weighted by molar-refractivity contribution is 6.07. The van der Waals surface area contributed by atoms with E-state index >= 15 is 0 Å². The zero-order valence-electron chi connectivity index (χ0n) is 14.0. The van der Waals surface area contributed by atoms with Crippen molar-refractivity contribution in [1.29, 1.82) is 0 Å². The monoisotopic (exact) mass is 305 g/mol. The van der Waals surface area contributed by atoms with Crippen molar-refractivity contribution in [3.05, 3.63) is 29.3 Å². The van der Waals surface area contributed by atoms with Crippen molar-refractivity contribution in [1.82, 2.24) is 4.90 Å². The van der Waals surface area contributed by atoms with Crippen LogP contribution in [0, 0.1) is 0 Å². The van der Waals surface area contributed by atoms with Crippen LogP contribution in [0.25, 0.3) is 0 Å². The molecule has 0 radical (unpaired) electrons. The number of nitrogens with zero attached hydrogens (tertiary/aromatic N) is 1. The van der Waals surface area contributed by atoms with Crippen LogP contribution in [-0.2, 0) is 10.2 Å². The Morgan fingerprint density at radius 2 is 1.91 bits per heavy atom. The number of imide groups is 1. The van der Waals surface area contributed by atoms with Crippen molar-refractivity contribution in [3.8, 4) is 5.75 Å². The molecule has 2 rings (SSSR count). The molecule has 0 aromatic heterocycles. The SMILES string of the molecule is COc1cccc2c1C(=O)N(C(=O)OC(C)(C)C)CC2(C)C. The van der Waals surface area contributed by atoms with E-state index in [9.17, 15) is 9.59 Å². The average Bonchev–Trinajstić information content (AvgIpc) is 2.40. The van der Waals surface area contributed by atoms with E-state index in [2.05, 4.69) is 0 Å². The Balaban J connectivity index is 2.47. The topological polar surface area (TPSA) is 55.8 Å². The average molecular weight is 305 g/mol. The van der Waals surface area contributed by atoms with Crippen molar-refractivity contribution in [2.45, 2.75) is 45.6 Å². The quantitative estimate of drug-likeness (QED) is 0.798. The first-order valence-electron chi connectivity index (χ1n) is 7.29. The molecule has 0 saturated heterocycles. The lowest BCUT2D eigenvalue weighted by atomic mass is 9.78. The number of carbonyl (C=O) groups excluding carboxylic acids is 2. The van der Waals surface area contributed by atoms with E-state index in [1.54, 1.807) is 26.8 Å². The highest BCUT2D eigenvalue weighted by Gasteiger charge is 2.42. The van der Waals surface area contributed by atoms with Crippen LogP contribution in [0.5, 0.6) is 5.75 Å². The standard InChI is InChI=1S/C17H23NO4/c1-16(2,3)22-15(20)18-10-17(4,5)11-8-7-9-12(21-6)13(11)14(18)19/h7-9H,10H2,1-6H3. The van der Waals surface area contributed by atoms with Gasteiger partial charge in [0.15, 0.2) is 0 Å². The molecule has 1 aromatic carbocycles. The summed E-state index contributed by atoms with van der Waals surface area (Å²) in [6.45, 7) is 9.60. The number of rotatable bonds is 1. The van der Waals surface area contributed by atoms with Crippen LogP contribution in [-0.4, -0.2) is 36.2 Å². The Bertz CT molecular complexity index is 614. The molecule has 0 unspecified atom stereocenters. The lowest BCUT2D eigenvalue weighted by Gasteiger charge is -2.39. The number of hydrogen-bond acceptors (Lipinski definition) is 4. The van der Waals surface area contributed by atoms with Gasteiger partial charge in [-0.15, -0.1) is 0 Å². The molecule has 1 aliphatic rings. The number of methoxy groups -OCH3 is 1. The van der Waals surface area contributed by atoms with Gasteiger partial charge in [-0.05, 0) is 32.4 Å². The molecule has 0 aliphatic carbocycles.